The van der Waals surface area contributed by atoms with Crippen LogP contribution in [0.4, 0.5) is 23.2 Å². The number of anilines is 1. The third kappa shape index (κ3) is 4.34. The van der Waals surface area contributed by atoms with Gasteiger partial charge in [-0.05, 0) is 49.6 Å². The lowest BCUT2D eigenvalue weighted by Gasteiger charge is -2.38. The molecule has 0 saturated carbocycles. The van der Waals surface area contributed by atoms with Crippen LogP contribution in [0.1, 0.15) is 28.5 Å². The van der Waals surface area contributed by atoms with E-state index in [9.17, 15) is 22.4 Å². The largest absolute Gasteiger partial charge is 0.419 e. The van der Waals surface area contributed by atoms with Crippen LogP contribution in [0.3, 0.4) is 0 Å². The average molecular weight is 417 g/mol. The van der Waals surface area contributed by atoms with E-state index in [-0.39, 0.29) is 22.5 Å². The second-order valence-electron chi connectivity index (χ2n) is 7.04. The molecule has 0 radical (unpaired) electrons. The van der Waals surface area contributed by atoms with Gasteiger partial charge in [0.05, 0.1) is 24.3 Å². The number of rotatable bonds is 5. The number of aryl methyl sites for hydroxylation is 2. The van der Waals surface area contributed by atoms with Crippen molar-refractivity contribution < 1.29 is 27.1 Å². The highest BCUT2D eigenvalue weighted by molar-refractivity contribution is 7.97. The summed E-state index contributed by atoms with van der Waals surface area (Å²) in [5, 5.41) is 2.41. The SMILES string of the molecule is Cc1cc(NC(=O)c2cc(SNC3(C)COC3)cn2C)cc(C(F)(F)F)c1F. The van der Waals surface area contributed by atoms with Crippen LogP contribution in [-0.2, 0) is 18.0 Å². The molecular formula is C18H19F4N3O2S. The Hall–Kier alpha value is -2.04. The van der Waals surface area contributed by atoms with Crippen molar-refractivity contribution in [1.29, 1.82) is 0 Å². The van der Waals surface area contributed by atoms with Crippen molar-refractivity contribution in [3.8, 4) is 0 Å². The van der Waals surface area contributed by atoms with Gasteiger partial charge in [-0.25, -0.2) is 9.11 Å². The summed E-state index contributed by atoms with van der Waals surface area (Å²) in [4.78, 5) is 13.3. The van der Waals surface area contributed by atoms with Gasteiger partial charge in [0.1, 0.15) is 11.5 Å². The van der Waals surface area contributed by atoms with E-state index in [1.54, 1.807) is 23.9 Å². The summed E-state index contributed by atoms with van der Waals surface area (Å²) in [5.74, 6) is -1.94. The summed E-state index contributed by atoms with van der Waals surface area (Å²) in [6, 6.07) is 3.38. The van der Waals surface area contributed by atoms with Crippen LogP contribution in [0.5, 0.6) is 0 Å². The van der Waals surface area contributed by atoms with Crippen molar-refractivity contribution in [2.24, 2.45) is 7.05 Å². The fourth-order valence-corrected chi connectivity index (χ4v) is 3.57. The van der Waals surface area contributed by atoms with Gasteiger partial charge in [0.15, 0.2) is 0 Å². The van der Waals surface area contributed by atoms with E-state index in [0.717, 1.165) is 4.90 Å². The van der Waals surface area contributed by atoms with Crippen LogP contribution in [-0.4, -0.2) is 29.2 Å². The first-order chi connectivity index (χ1) is 13.0. The standard InChI is InChI=1S/C18H19F4N3O2S/c1-10-4-11(5-13(15(10)19)18(20,21)22)23-16(26)14-6-12(7-25(14)3)28-24-17(2)8-27-9-17/h4-7,24H,8-9H2,1-3H3,(H,23,26). The van der Waals surface area contributed by atoms with Crippen LogP contribution in [0.2, 0.25) is 0 Å². The topological polar surface area (TPSA) is 55.3 Å². The van der Waals surface area contributed by atoms with E-state index in [4.69, 9.17) is 4.74 Å². The van der Waals surface area contributed by atoms with Crippen molar-refractivity contribution in [2.45, 2.75) is 30.5 Å². The normalized spacial score (nSPS) is 16.0. The molecule has 152 valence electrons. The fourth-order valence-electron chi connectivity index (χ4n) is 2.71. The van der Waals surface area contributed by atoms with Gasteiger partial charge in [-0.3, -0.25) is 4.79 Å². The lowest BCUT2D eigenvalue weighted by molar-refractivity contribution is -0.140. The lowest BCUT2D eigenvalue weighted by atomic mass is 10.0. The minimum atomic E-state index is -4.85. The third-order valence-corrected chi connectivity index (χ3v) is 5.34. The Kier molecular flexibility index (Phi) is 5.48. The molecule has 1 saturated heterocycles. The van der Waals surface area contributed by atoms with Gasteiger partial charge in [0, 0.05) is 23.8 Å². The van der Waals surface area contributed by atoms with Crippen molar-refractivity contribution >= 4 is 23.5 Å². The van der Waals surface area contributed by atoms with E-state index in [2.05, 4.69) is 10.0 Å². The molecule has 1 aliphatic heterocycles. The van der Waals surface area contributed by atoms with Gasteiger partial charge in [0.2, 0.25) is 0 Å². The van der Waals surface area contributed by atoms with Gasteiger partial charge in [-0.15, -0.1) is 0 Å². The number of hydrogen-bond donors (Lipinski definition) is 2. The van der Waals surface area contributed by atoms with Crippen LogP contribution in [0.25, 0.3) is 0 Å². The molecule has 1 aromatic carbocycles. The first kappa shape index (κ1) is 20.7. The van der Waals surface area contributed by atoms with Gasteiger partial charge < -0.3 is 14.6 Å². The number of nitrogens with zero attached hydrogens (tertiary/aromatic N) is 1. The second-order valence-corrected chi connectivity index (χ2v) is 7.92. The van der Waals surface area contributed by atoms with E-state index >= 15 is 0 Å². The number of carbonyl (C=O) groups excluding carboxylic acids is 1. The lowest BCUT2D eigenvalue weighted by Crippen LogP contribution is -2.55. The number of aromatic nitrogens is 1. The zero-order chi connectivity index (χ0) is 20.7. The number of halogens is 4. The highest BCUT2D eigenvalue weighted by Gasteiger charge is 2.35. The molecule has 2 N–H and O–H groups in total. The zero-order valence-electron chi connectivity index (χ0n) is 15.4. The molecule has 1 aliphatic rings. The Morgan fingerprint density at radius 1 is 1.29 bits per heavy atom. The monoisotopic (exact) mass is 417 g/mol. The molecule has 5 nitrogen and oxygen atoms in total. The summed E-state index contributed by atoms with van der Waals surface area (Å²) in [5.41, 5.74) is -1.61. The summed E-state index contributed by atoms with van der Waals surface area (Å²) in [6.45, 7) is 4.40. The third-order valence-electron chi connectivity index (χ3n) is 4.29. The van der Waals surface area contributed by atoms with Crippen molar-refractivity contribution in [3.05, 3.63) is 47.0 Å². The highest BCUT2D eigenvalue weighted by atomic mass is 32.2. The zero-order valence-corrected chi connectivity index (χ0v) is 16.2. The molecule has 1 fully saturated rings. The number of ether oxygens (including phenoxy) is 1. The summed E-state index contributed by atoms with van der Waals surface area (Å²) in [7, 11) is 1.66. The minimum absolute atomic E-state index is 0.121. The quantitative estimate of drug-likeness (QED) is 0.568. The predicted molar refractivity (Wildman–Crippen MR) is 97.7 cm³/mol. The minimum Gasteiger partial charge on any atom is -0.377 e. The number of nitrogens with one attached hydrogen (secondary N) is 2. The van der Waals surface area contributed by atoms with Crippen LogP contribution >= 0.6 is 11.9 Å². The van der Waals surface area contributed by atoms with Crippen LogP contribution in [0, 0.1) is 12.7 Å². The molecule has 0 aliphatic carbocycles. The predicted octanol–water partition coefficient (Wildman–Crippen LogP) is 4.13. The van der Waals surface area contributed by atoms with Gasteiger partial charge in [-0.1, -0.05) is 0 Å². The van der Waals surface area contributed by atoms with E-state index in [0.29, 0.717) is 19.3 Å². The maximum Gasteiger partial charge on any atom is 0.419 e. The maximum absolute atomic E-state index is 13.8. The molecule has 1 amide bonds. The van der Waals surface area contributed by atoms with Crippen LogP contribution in [0.15, 0.2) is 29.3 Å². The number of hydrogen-bond acceptors (Lipinski definition) is 4. The average Bonchev–Trinajstić information content (AvgIpc) is 2.94. The molecule has 0 atom stereocenters. The Morgan fingerprint density at radius 2 is 1.96 bits per heavy atom. The highest BCUT2D eigenvalue weighted by Crippen LogP contribution is 2.34. The molecule has 0 unspecified atom stereocenters. The summed E-state index contributed by atoms with van der Waals surface area (Å²) >= 11 is 1.34. The Bertz CT molecular complexity index is 907. The van der Waals surface area contributed by atoms with Gasteiger partial charge in [-0.2, -0.15) is 13.2 Å². The Morgan fingerprint density at radius 3 is 2.54 bits per heavy atom. The molecule has 28 heavy (non-hydrogen) atoms. The molecule has 10 heteroatoms. The van der Waals surface area contributed by atoms with E-state index in [1.165, 1.54) is 24.9 Å². The first-order valence-electron chi connectivity index (χ1n) is 8.35. The maximum atomic E-state index is 13.8. The van der Waals surface area contributed by atoms with E-state index in [1.807, 2.05) is 6.92 Å². The van der Waals surface area contributed by atoms with Gasteiger partial charge in [0.25, 0.3) is 5.91 Å². The van der Waals surface area contributed by atoms with Gasteiger partial charge >= 0.3 is 6.18 Å². The Balaban J connectivity index is 1.75. The van der Waals surface area contributed by atoms with E-state index < -0.39 is 23.5 Å². The number of benzene rings is 1. The fraction of sp³-hybridized carbons (Fsp3) is 0.389. The Labute approximate surface area is 163 Å². The number of amides is 1. The van der Waals surface area contributed by atoms with Crippen molar-refractivity contribution in [1.82, 2.24) is 9.29 Å². The molecular weight excluding hydrogens is 398 g/mol. The molecule has 0 bridgehead atoms. The summed E-state index contributed by atoms with van der Waals surface area (Å²) < 4.78 is 62.7. The molecule has 2 heterocycles. The number of carbonyl (C=O) groups is 1. The smallest absolute Gasteiger partial charge is 0.377 e. The second kappa shape index (κ2) is 7.41. The number of alkyl halides is 3. The molecule has 1 aromatic heterocycles. The molecule has 0 spiro atoms. The van der Waals surface area contributed by atoms with Crippen molar-refractivity contribution in [2.75, 3.05) is 18.5 Å². The molecule has 3 rings (SSSR count). The van der Waals surface area contributed by atoms with Crippen LogP contribution < -0.4 is 10.0 Å². The first-order valence-corrected chi connectivity index (χ1v) is 9.17. The summed E-state index contributed by atoms with van der Waals surface area (Å²) in [6.07, 6.45) is -3.12. The molecule has 2 aromatic rings. The van der Waals surface area contributed by atoms with Crippen molar-refractivity contribution in [3.63, 3.8) is 0 Å².